The molecule has 1 aliphatic rings. The number of nitrogens with zero attached hydrogens (tertiary/aromatic N) is 5. The molecule has 0 amide bonds. The maximum Gasteiger partial charge on any atom is 0.266 e. The highest BCUT2D eigenvalue weighted by Gasteiger charge is 2.22. The van der Waals surface area contributed by atoms with Crippen molar-refractivity contribution >= 4 is 5.95 Å². The van der Waals surface area contributed by atoms with Gasteiger partial charge >= 0.3 is 0 Å². The maximum absolute atomic E-state index is 11.8. The largest absolute Gasteiger partial charge is 0.353 e. The van der Waals surface area contributed by atoms with Gasteiger partial charge in [0.2, 0.25) is 5.95 Å². The van der Waals surface area contributed by atoms with Crippen LogP contribution in [-0.2, 0) is 6.54 Å². The summed E-state index contributed by atoms with van der Waals surface area (Å²) in [6, 6.07) is 3.66. The molecule has 0 aromatic carbocycles. The quantitative estimate of drug-likeness (QED) is 0.862. The smallest absolute Gasteiger partial charge is 0.266 e. The summed E-state index contributed by atoms with van der Waals surface area (Å²) >= 11 is 0. The second-order valence-electron chi connectivity index (χ2n) is 6.24. The van der Waals surface area contributed by atoms with E-state index in [1.165, 1.54) is 17.5 Å². The lowest BCUT2D eigenvalue weighted by molar-refractivity contribution is 0.148. The fourth-order valence-electron chi connectivity index (χ4n) is 3.06. The number of nitrogens with one attached hydrogen (secondary N) is 1. The summed E-state index contributed by atoms with van der Waals surface area (Å²) in [4.78, 5) is 22.8. The second kappa shape index (κ2) is 8.01. The Kier molecular flexibility index (Phi) is 5.53. The first-order chi connectivity index (χ1) is 11.7. The standard InChI is InChI=1S/C17H24N6O/c1-14-11-18-17(19-12-14)20-13-15-5-2-3-8-22(15)9-10-23-16(24)6-4-7-21-23/h4,6-7,11-12,15H,2-3,5,8-10,13H2,1H3,(H,18,19,20). The Labute approximate surface area is 141 Å². The summed E-state index contributed by atoms with van der Waals surface area (Å²) in [6.45, 7) is 5.31. The zero-order chi connectivity index (χ0) is 16.8. The predicted molar refractivity (Wildman–Crippen MR) is 93.0 cm³/mol. The molecule has 0 saturated carbocycles. The topological polar surface area (TPSA) is 75.9 Å². The predicted octanol–water partition coefficient (Wildman–Crippen LogP) is 1.31. The molecule has 2 aromatic heterocycles. The Morgan fingerprint density at radius 1 is 1.25 bits per heavy atom. The summed E-state index contributed by atoms with van der Waals surface area (Å²) in [5, 5.41) is 7.46. The molecule has 128 valence electrons. The van der Waals surface area contributed by atoms with E-state index in [-0.39, 0.29) is 5.56 Å². The number of likely N-dealkylation sites (tertiary alicyclic amines) is 1. The van der Waals surface area contributed by atoms with E-state index in [1.54, 1.807) is 18.3 Å². The number of anilines is 1. The SMILES string of the molecule is Cc1cnc(NCC2CCCCN2CCn2ncccc2=O)nc1. The highest BCUT2D eigenvalue weighted by molar-refractivity contribution is 5.24. The van der Waals surface area contributed by atoms with Crippen LogP contribution in [0.3, 0.4) is 0 Å². The number of hydrogen-bond donors (Lipinski definition) is 1. The van der Waals surface area contributed by atoms with Gasteiger partial charge in [-0.25, -0.2) is 14.6 Å². The van der Waals surface area contributed by atoms with Gasteiger partial charge in [0, 0.05) is 43.8 Å². The molecule has 0 aliphatic carbocycles. The molecular weight excluding hydrogens is 304 g/mol. The summed E-state index contributed by atoms with van der Waals surface area (Å²) < 4.78 is 1.53. The zero-order valence-electron chi connectivity index (χ0n) is 14.1. The minimum absolute atomic E-state index is 0.0442. The Balaban J connectivity index is 1.56. The third-order valence-electron chi connectivity index (χ3n) is 4.41. The van der Waals surface area contributed by atoms with Gasteiger partial charge in [0.15, 0.2) is 0 Å². The average Bonchev–Trinajstić information content (AvgIpc) is 2.61. The minimum atomic E-state index is -0.0442. The normalized spacial score (nSPS) is 18.5. The van der Waals surface area contributed by atoms with Crippen molar-refractivity contribution in [1.82, 2.24) is 24.6 Å². The van der Waals surface area contributed by atoms with Gasteiger partial charge in [-0.05, 0) is 37.9 Å². The van der Waals surface area contributed by atoms with E-state index in [1.807, 2.05) is 19.3 Å². The van der Waals surface area contributed by atoms with Crippen LogP contribution in [0, 0.1) is 6.92 Å². The van der Waals surface area contributed by atoms with Crippen molar-refractivity contribution in [2.75, 3.05) is 25.0 Å². The van der Waals surface area contributed by atoms with Crippen molar-refractivity contribution < 1.29 is 0 Å². The van der Waals surface area contributed by atoms with Crippen LogP contribution in [0.15, 0.2) is 35.5 Å². The van der Waals surface area contributed by atoms with Gasteiger partial charge in [0.1, 0.15) is 0 Å². The lowest BCUT2D eigenvalue weighted by Gasteiger charge is -2.35. The molecule has 0 radical (unpaired) electrons. The van der Waals surface area contributed by atoms with Gasteiger partial charge < -0.3 is 5.32 Å². The monoisotopic (exact) mass is 328 g/mol. The third-order valence-corrected chi connectivity index (χ3v) is 4.41. The number of hydrogen-bond acceptors (Lipinski definition) is 6. The molecule has 1 N–H and O–H groups in total. The number of aryl methyl sites for hydroxylation is 1. The van der Waals surface area contributed by atoms with Crippen LogP contribution in [-0.4, -0.2) is 50.3 Å². The molecule has 1 fully saturated rings. The second-order valence-corrected chi connectivity index (χ2v) is 6.24. The summed E-state index contributed by atoms with van der Waals surface area (Å²) in [5.41, 5.74) is 1.01. The summed E-state index contributed by atoms with van der Waals surface area (Å²) in [5.74, 6) is 0.673. The summed E-state index contributed by atoms with van der Waals surface area (Å²) in [7, 11) is 0. The van der Waals surface area contributed by atoms with E-state index >= 15 is 0 Å². The van der Waals surface area contributed by atoms with Gasteiger partial charge in [-0.1, -0.05) is 6.42 Å². The van der Waals surface area contributed by atoms with E-state index < -0.39 is 0 Å². The van der Waals surface area contributed by atoms with Gasteiger partial charge in [-0.15, -0.1) is 0 Å². The molecule has 1 aliphatic heterocycles. The molecule has 3 rings (SSSR count). The first-order valence-corrected chi connectivity index (χ1v) is 8.51. The van der Waals surface area contributed by atoms with Gasteiger partial charge in [0.25, 0.3) is 5.56 Å². The van der Waals surface area contributed by atoms with E-state index in [2.05, 4.69) is 25.3 Å². The molecule has 1 atom stereocenters. The highest BCUT2D eigenvalue weighted by atomic mass is 16.1. The minimum Gasteiger partial charge on any atom is -0.353 e. The maximum atomic E-state index is 11.8. The molecule has 1 unspecified atom stereocenters. The van der Waals surface area contributed by atoms with Crippen LogP contribution in [0.25, 0.3) is 0 Å². The van der Waals surface area contributed by atoms with Crippen molar-refractivity contribution in [1.29, 1.82) is 0 Å². The van der Waals surface area contributed by atoms with Gasteiger partial charge in [-0.2, -0.15) is 5.10 Å². The summed E-state index contributed by atoms with van der Waals surface area (Å²) in [6.07, 6.45) is 8.89. The van der Waals surface area contributed by atoms with Crippen molar-refractivity contribution in [3.63, 3.8) is 0 Å². The van der Waals surface area contributed by atoms with Crippen LogP contribution in [0.4, 0.5) is 5.95 Å². The Bertz CT molecular complexity index is 699. The fourth-order valence-corrected chi connectivity index (χ4v) is 3.06. The number of piperidine rings is 1. The van der Waals surface area contributed by atoms with E-state index in [9.17, 15) is 4.79 Å². The van der Waals surface area contributed by atoms with E-state index in [0.29, 0.717) is 18.5 Å². The molecule has 1 saturated heterocycles. The number of aromatic nitrogens is 4. The first-order valence-electron chi connectivity index (χ1n) is 8.51. The lowest BCUT2D eigenvalue weighted by Crippen LogP contribution is -2.45. The fraction of sp³-hybridized carbons (Fsp3) is 0.529. The molecule has 24 heavy (non-hydrogen) atoms. The van der Waals surface area contributed by atoms with Crippen molar-refractivity contribution in [3.8, 4) is 0 Å². The molecular formula is C17H24N6O. The third kappa shape index (κ3) is 4.38. The van der Waals surface area contributed by atoms with E-state index in [4.69, 9.17) is 0 Å². The average molecular weight is 328 g/mol. The first kappa shape index (κ1) is 16.6. The van der Waals surface area contributed by atoms with Crippen LogP contribution < -0.4 is 10.9 Å². The Hall–Kier alpha value is -2.28. The van der Waals surface area contributed by atoms with Crippen LogP contribution in [0.1, 0.15) is 24.8 Å². The lowest BCUT2D eigenvalue weighted by atomic mass is 10.0. The van der Waals surface area contributed by atoms with Crippen LogP contribution in [0.2, 0.25) is 0 Å². The zero-order valence-corrected chi connectivity index (χ0v) is 14.1. The van der Waals surface area contributed by atoms with Crippen LogP contribution >= 0.6 is 0 Å². The molecule has 2 aromatic rings. The van der Waals surface area contributed by atoms with Crippen LogP contribution in [0.5, 0.6) is 0 Å². The molecule has 0 bridgehead atoms. The van der Waals surface area contributed by atoms with Crippen molar-refractivity contribution in [3.05, 3.63) is 46.6 Å². The molecule has 7 nitrogen and oxygen atoms in total. The van der Waals surface area contributed by atoms with E-state index in [0.717, 1.165) is 31.6 Å². The number of rotatable bonds is 6. The Morgan fingerprint density at radius 2 is 2.08 bits per heavy atom. The molecule has 0 spiro atoms. The molecule has 7 heteroatoms. The van der Waals surface area contributed by atoms with Crippen molar-refractivity contribution in [2.24, 2.45) is 0 Å². The molecule has 3 heterocycles. The highest BCUT2D eigenvalue weighted by Crippen LogP contribution is 2.17. The van der Waals surface area contributed by atoms with Gasteiger partial charge in [0.05, 0.1) is 6.54 Å². The Morgan fingerprint density at radius 3 is 2.88 bits per heavy atom. The van der Waals surface area contributed by atoms with Gasteiger partial charge in [-0.3, -0.25) is 9.69 Å². The van der Waals surface area contributed by atoms with Crippen molar-refractivity contribution in [2.45, 2.75) is 38.8 Å².